The van der Waals surface area contributed by atoms with Crippen LogP contribution in [-0.2, 0) is 0 Å². The molecule has 0 radical (unpaired) electrons. The molecule has 136 valence electrons. The molecule has 6 nitrogen and oxygen atoms in total. The lowest BCUT2D eigenvalue weighted by Gasteiger charge is -2.13. The van der Waals surface area contributed by atoms with Gasteiger partial charge in [0.2, 0.25) is 0 Å². The van der Waals surface area contributed by atoms with Crippen molar-refractivity contribution in [1.29, 1.82) is 0 Å². The first kappa shape index (κ1) is 18.1. The Bertz CT molecular complexity index is 942. The number of ether oxygens (including phenoxy) is 1. The van der Waals surface area contributed by atoms with Crippen molar-refractivity contribution in [2.24, 2.45) is 0 Å². The van der Waals surface area contributed by atoms with E-state index in [0.717, 1.165) is 0 Å². The highest BCUT2D eigenvalue weighted by molar-refractivity contribution is 6.12. The summed E-state index contributed by atoms with van der Waals surface area (Å²) < 4.78 is 5.50. The molecule has 2 amide bonds. The average Bonchev–Trinajstić information content (AvgIpc) is 2.70. The monoisotopic (exact) mass is 361 g/mol. The van der Waals surface area contributed by atoms with Crippen LogP contribution in [0.15, 0.2) is 72.9 Å². The first-order valence-corrected chi connectivity index (χ1v) is 8.53. The maximum Gasteiger partial charge on any atom is 0.259 e. The van der Waals surface area contributed by atoms with Gasteiger partial charge in [-0.1, -0.05) is 30.3 Å². The van der Waals surface area contributed by atoms with Crippen molar-refractivity contribution < 1.29 is 14.3 Å². The van der Waals surface area contributed by atoms with Gasteiger partial charge in [-0.2, -0.15) is 0 Å². The molecule has 27 heavy (non-hydrogen) atoms. The summed E-state index contributed by atoms with van der Waals surface area (Å²) in [6.07, 6.45) is 1.59. The van der Waals surface area contributed by atoms with Crippen LogP contribution < -0.4 is 15.4 Å². The lowest BCUT2D eigenvalue weighted by molar-refractivity contribution is 0.102. The SMILES string of the molecule is CCOc1ccccc1C(=O)Nc1ccccc1C(=O)Nc1ccccn1. The third-order valence-electron chi connectivity index (χ3n) is 3.76. The number of hydrogen-bond donors (Lipinski definition) is 2. The second-order valence-electron chi connectivity index (χ2n) is 5.60. The summed E-state index contributed by atoms with van der Waals surface area (Å²) in [4.78, 5) is 29.4. The Morgan fingerprint density at radius 3 is 2.26 bits per heavy atom. The van der Waals surface area contributed by atoms with Gasteiger partial charge in [-0.05, 0) is 43.3 Å². The molecule has 0 aliphatic carbocycles. The van der Waals surface area contributed by atoms with Crippen molar-refractivity contribution in [3.05, 3.63) is 84.1 Å². The van der Waals surface area contributed by atoms with Crippen LogP contribution in [0.5, 0.6) is 5.75 Å². The fourth-order valence-electron chi connectivity index (χ4n) is 2.54. The van der Waals surface area contributed by atoms with Crippen molar-refractivity contribution in [2.75, 3.05) is 17.2 Å². The normalized spacial score (nSPS) is 10.1. The standard InChI is InChI=1S/C21H19N3O3/c1-2-27-18-12-6-4-10-16(18)21(26)23-17-11-5-3-9-15(17)20(25)24-19-13-7-8-14-22-19/h3-14H,2H2,1H3,(H,23,26)(H,22,24,25). The number of rotatable bonds is 6. The topological polar surface area (TPSA) is 80.3 Å². The molecule has 0 aliphatic heterocycles. The maximum atomic E-state index is 12.7. The van der Waals surface area contributed by atoms with Gasteiger partial charge in [0.15, 0.2) is 0 Å². The Balaban J connectivity index is 1.82. The Morgan fingerprint density at radius 2 is 1.52 bits per heavy atom. The van der Waals surface area contributed by atoms with Gasteiger partial charge in [-0.3, -0.25) is 9.59 Å². The van der Waals surface area contributed by atoms with Crippen LogP contribution in [0.4, 0.5) is 11.5 Å². The summed E-state index contributed by atoms with van der Waals surface area (Å²) in [6, 6.07) is 19.0. The molecule has 0 spiro atoms. The van der Waals surface area contributed by atoms with Crippen LogP contribution >= 0.6 is 0 Å². The summed E-state index contributed by atoms with van der Waals surface area (Å²) in [5.41, 5.74) is 1.15. The minimum Gasteiger partial charge on any atom is -0.493 e. The van der Waals surface area contributed by atoms with Gasteiger partial charge in [0.1, 0.15) is 11.6 Å². The minimum atomic E-state index is -0.359. The molecule has 3 aromatic rings. The van der Waals surface area contributed by atoms with E-state index in [4.69, 9.17) is 4.74 Å². The van der Waals surface area contributed by atoms with Crippen molar-refractivity contribution >= 4 is 23.3 Å². The number of benzene rings is 2. The molecule has 0 saturated carbocycles. The molecule has 0 fully saturated rings. The van der Waals surface area contributed by atoms with Gasteiger partial charge in [-0.25, -0.2) is 4.98 Å². The quantitative estimate of drug-likeness (QED) is 0.696. The van der Waals surface area contributed by atoms with Crippen molar-refractivity contribution in [3.8, 4) is 5.75 Å². The number of para-hydroxylation sites is 2. The van der Waals surface area contributed by atoms with E-state index in [1.54, 1.807) is 72.9 Å². The van der Waals surface area contributed by atoms with Crippen LogP contribution in [0, 0.1) is 0 Å². The zero-order valence-electron chi connectivity index (χ0n) is 14.8. The van der Waals surface area contributed by atoms with E-state index in [2.05, 4.69) is 15.6 Å². The summed E-state index contributed by atoms with van der Waals surface area (Å²) in [7, 11) is 0. The second-order valence-corrected chi connectivity index (χ2v) is 5.60. The zero-order valence-corrected chi connectivity index (χ0v) is 14.8. The molecule has 3 rings (SSSR count). The molecule has 0 atom stereocenters. The summed E-state index contributed by atoms with van der Waals surface area (Å²) in [5.74, 6) is 0.220. The molecular formula is C21H19N3O3. The molecule has 0 aliphatic rings. The number of carbonyl (C=O) groups is 2. The van der Waals surface area contributed by atoms with E-state index in [1.165, 1.54) is 0 Å². The summed E-state index contributed by atoms with van der Waals surface area (Å²) >= 11 is 0. The molecule has 6 heteroatoms. The number of anilines is 2. The van der Waals surface area contributed by atoms with E-state index in [-0.39, 0.29) is 11.8 Å². The molecule has 0 bridgehead atoms. The van der Waals surface area contributed by atoms with E-state index in [0.29, 0.717) is 35.0 Å². The highest BCUT2D eigenvalue weighted by Gasteiger charge is 2.17. The highest BCUT2D eigenvalue weighted by Crippen LogP contribution is 2.22. The van der Waals surface area contributed by atoms with E-state index < -0.39 is 0 Å². The van der Waals surface area contributed by atoms with Crippen molar-refractivity contribution in [3.63, 3.8) is 0 Å². The number of aromatic nitrogens is 1. The number of hydrogen-bond acceptors (Lipinski definition) is 4. The molecule has 0 unspecified atom stereocenters. The predicted octanol–water partition coefficient (Wildman–Crippen LogP) is 3.98. The highest BCUT2D eigenvalue weighted by atomic mass is 16.5. The molecule has 2 aromatic carbocycles. The maximum absolute atomic E-state index is 12.7. The Kier molecular flexibility index (Phi) is 5.79. The average molecular weight is 361 g/mol. The molecule has 1 aromatic heterocycles. The lowest BCUT2D eigenvalue weighted by Crippen LogP contribution is -2.19. The third-order valence-corrected chi connectivity index (χ3v) is 3.76. The Labute approximate surface area is 157 Å². The number of pyridine rings is 1. The fourth-order valence-corrected chi connectivity index (χ4v) is 2.54. The number of nitrogens with one attached hydrogen (secondary N) is 2. The van der Waals surface area contributed by atoms with Crippen LogP contribution in [-0.4, -0.2) is 23.4 Å². The largest absolute Gasteiger partial charge is 0.493 e. The van der Waals surface area contributed by atoms with E-state index in [1.807, 2.05) is 6.92 Å². The Morgan fingerprint density at radius 1 is 0.852 bits per heavy atom. The number of amides is 2. The smallest absolute Gasteiger partial charge is 0.259 e. The van der Waals surface area contributed by atoms with E-state index in [9.17, 15) is 9.59 Å². The van der Waals surface area contributed by atoms with Crippen molar-refractivity contribution in [1.82, 2.24) is 4.98 Å². The molecule has 0 saturated heterocycles. The van der Waals surface area contributed by atoms with Gasteiger partial charge in [0.05, 0.1) is 23.4 Å². The predicted molar refractivity (Wildman–Crippen MR) is 104 cm³/mol. The lowest BCUT2D eigenvalue weighted by atomic mass is 10.1. The van der Waals surface area contributed by atoms with Gasteiger partial charge in [0.25, 0.3) is 11.8 Å². The minimum absolute atomic E-state index is 0.338. The van der Waals surface area contributed by atoms with Crippen LogP contribution in [0.3, 0.4) is 0 Å². The van der Waals surface area contributed by atoms with Gasteiger partial charge in [-0.15, -0.1) is 0 Å². The van der Waals surface area contributed by atoms with Crippen LogP contribution in [0.1, 0.15) is 27.6 Å². The molecule has 2 N–H and O–H groups in total. The van der Waals surface area contributed by atoms with Gasteiger partial charge < -0.3 is 15.4 Å². The summed E-state index contributed by atoms with van der Waals surface area (Å²) in [5, 5.41) is 5.51. The van der Waals surface area contributed by atoms with Gasteiger partial charge >= 0.3 is 0 Å². The number of nitrogens with zero attached hydrogens (tertiary/aromatic N) is 1. The first-order valence-electron chi connectivity index (χ1n) is 8.53. The zero-order chi connectivity index (χ0) is 19.1. The van der Waals surface area contributed by atoms with Crippen LogP contribution in [0.2, 0.25) is 0 Å². The number of carbonyl (C=O) groups excluding carboxylic acids is 2. The molecule has 1 heterocycles. The second kappa shape index (κ2) is 8.62. The van der Waals surface area contributed by atoms with Gasteiger partial charge in [0, 0.05) is 6.20 Å². The fraction of sp³-hybridized carbons (Fsp3) is 0.0952. The summed E-state index contributed by atoms with van der Waals surface area (Å²) in [6.45, 7) is 2.30. The van der Waals surface area contributed by atoms with Crippen molar-refractivity contribution in [2.45, 2.75) is 6.92 Å². The van der Waals surface area contributed by atoms with E-state index >= 15 is 0 Å². The molecular weight excluding hydrogens is 342 g/mol. The third kappa shape index (κ3) is 4.49. The Hall–Kier alpha value is -3.67. The first-order chi connectivity index (χ1) is 13.2. The van der Waals surface area contributed by atoms with Crippen LogP contribution in [0.25, 0.3) is 0 Å².